The molecular formula is C13H16N4O2S. The van der Waals surface area contributed by atoms with Crippen molar-refractivity contribution in [1.82, 2.24) is 9.97 Å². The minimum Gasteiger partial charge on any atom is -0.362 e. The summed E-state index contributed by atoms with van der Waals surface area (Å²) in [6.07, 6.45) is 1.25. The zero-order valence-corrected chi connectivity index (χ0v) is 12.3. The van der Waals surface area contributed by atoms with Gasteiger partial charge in [-0.15, -0.1) is 11.3 Å². The van der Waals surface area contributed by atoms with Crippen LogP contribution in [0.15, 0.2) is 23.7 Å². The van der Waals surface area contributed by atoms with Crippen LogP contribution >= 0.6 is 11.3 Å². The lowest BCUT2D eigenvalue weighted by molar-refractivity contribution is -0.385. The van der Waals surface area contributed by atoms with Crippen LogP contribution in [0.4, 0.5) is 11.5 Å². The molecule has 2 rings (SSSR count). The van der Waals surface area contributed by atoms with Crippen molar-refractivity contribution in [3.8, 4) is 0 Å². The molecule has 0 amide bonds. The average molecular weight is 292 g/mol. The number of nitrogens with zero attached hydrogens (tertiary/aromatic N) is 3. The quantitative estimate of drug-likeness (QED) is 0.670. The van der Waals surface area contributed by atoms with Crippen molar-refractivity contribution in [1.29, 1.82) is 0 Å². The molecule has 0 aliphatic carbocycles. The van der Waals surface area contributed by atoms with E-state index in [1.165, 1.54) is 12.3 Å². The van der Waals surface area contributed by atoms with Gasteiger partial charge in [-0.05, 0) is 13.0 Å². The summed E-state index contributed by atoms with van der Waals surface area (Å²) in [5.74, 6) is 1.01. The van der Waals surface area contributed by atoms with Crippen molar-refractivity contribution in [2.45, 2.75) is 32.7 Å². The zero-order chi connectivity index (χ0) is 14.7. The Kier molecular flexibility index (Phi) is 4.29. The summed E-state index contributed by atoms with van der Waals surface area (Å²) in [6.45, 7) is 6.21. The van der Waals surface area contributed by atoms with Crippen LogP contribution in [-0.2, 0) is 0 Å². The van der Waals surface area contributed by atoms with E-state index in [2.05, 4.69) is 29.1 Å². The van der Waals surface area contributed by atoms with Gasteiger partial charge in [0.05, 0.1) is 21.7 Å². The predicted octanol–water partition coefficient (Wildman–Crippen LogP) is 3.74. The van der Waals surface area contributed by atoms with E-state index in [1.807, 2.05) is 12.3 Å². The molecule has 0 bridgehead atoms. The van der Waals surface area contributed by atoms with E-state index in [4.69, 9.17) is 0 Å². The van der Waals surface area contributed by atoms with Gasteiger partial charge in [-0.3, -0.25) is 10.1 Å². The number of hydrogen-bond donors (Lipinski definition) is 1. The third-order valence-electron chi connectivity index (χ3n) is 2.80. The Morgan fingerprint density at radius 3 is 2.60 bits per heavy atom. The van der Waals surface area contributed by atoms with Crippen LogP contribution in [-0.4, -0.2) is 14.9 Å². The van der Waals surface area contributed by atoms with Crippen molar-refractivity contribution < 1.29 is 4.92 Å². The van der Waals surface area contributed by atoms with Gasteiger partial charge in [0.2, 0.25) is 0 Å². The molecule has 0 aliphatic heterocycles. The fourth-order valence-electron chi connectivity index (χ4n) is 1.64. The summed E-state index contributed by atoms with van der Waals surface area (Å²) in [4.78, 5) is 18.7. The number of aromatic nitrogens is 2. The number of anilines is 1. The van der Waals surface area contributed by atoms with Gasteiger partial charge in [-0.1, -0.05) is 13.8 Å². The number of hydrogen-bond acceptors (Lipinski definition) is 6. The van der Waals surface area contributed by atoms with Gasteiger partial charge in [0.1, 0.15) is 12.0 Å². The third-order valence-corrected chi connectivity index (χ3v) is 3.96. The largest absolute Gasteiger partial charge is 0.362 e. The minimum absolute atomic E-state index is 0.00714. The van der Waals surface area contributed by atoms with Crippen molar-refractivity contribution >= 4 is 22.8 Å². The lowest BCUT2D eigenvalue weighted by atomic mass is 10.2. The minimum atomic E-state index is -0.463. The highest BCUT2D eigenvalue weighted by Gasteiger charge is 2.13. The van der Waals surface area contributed by atoms with E-state index >= 15 is 0 Å². The Morgan fingerprint density at radius 1 is 1.35 bits per heavy atom. The Morgan fingerprint density at radius 2 is 2.10 bits per heavy atom. The summed E-state index contributed by atoms with van der Waals surface area (Å²) in [5.41, 5.74) is 0.942. The van der Waals surface area contributed by atoms with E-state index in [0.717, 1.165) is 10.7 Å². The van der Waals surface area contributed by atoms with Crippen molar-refractivity contribution in [3.05, 3.63) is 44.5 Å². The monoisotopic (exact) mass is 292 g/mol. The van der Waals surface area contributed by atoms with Gasteiger partial charge in [0, 0.05) is 17.4 Å². The second kappa shape index (κ2) is 5.96. The molecule has 106 valence electrons. The van der Waals surface area contributed by atoms with Crippen LogP contribution in [0.1, 0.15) is 43.4 Å². The molecule has 2 aromatic rings. The molecule has 20 heavy (non-hydrogen) atoms. The summed E-state index contributed by atoms with van der Waals surface area (Å²) in [7, 11) is 0. The van der Waals surface area contributed by atoms with E-state index in [0.29, 0.717) is 11.7 Å². The number of thiazole rings is 1. The van der Waals surface area contributed by atoms with Crippen molar-refractivity contribution in [3.63, 3.8) is 0 Å². The molecule has 0 radical (unpaired) electrons. The second-order valence-electron chi connectivity index (χ2n) is 4.79. The summed E-state index contributed by atoms with van der Waals surface area (Å²) >= 11 is 1.64. The molecule has 7 heteroatoms. The fourth-order valence-corrected chi connectivity index (χ4v) is 2.57. The normalized spacial score (nSPS) is 12.4. The van der Waals surface area contributed by atoms with Crippen LogP contribution in [0, 0.1) is 10.1 Å². The van der Waals surface area contributed by atoms with Gasteiger partial charge < -0.3 is 5.32 Å². The molecule has 6 nitrogen and oxygen atoms in total. The van der Waals surface area contributed by atoms with Gasteiger partial charge in [-0.25, -0.2) is 9.97 Å². The van der Waals surface area contributed by atoms with E-state index in [1.54, 1.807) is 17.4 Å². The van der Waals surface area contributed by atoms with Crippen LogP contribution < -0.4 is 5.32 Å². The molecule has 0 aromatic carbocycles. The van der Waals surface area contributed by atoms with E-state index < -0.39 is 4.92 Å². The molecule has 0 fully saturated rings. The van der Waals surface area contributed by atoms with Crippen LogP contribution in [0.5, 0.6) is 0 Å². The molecule has 0 aliphatic rings. The zero-order valence-electron chi connectivity index (χ0n) is 11.5. The van der Waals surface area contributed by atoms with Crippen LogP contribution in [0.25, 0.3) is 0 Å². The molecule has 2 aromatic heterocycles. The first kappa shape index (κ1) is 14.4. The van der Waals surface area contributed by atoms with Crippen molar-refractivity contribution in [2.24, 2.45) is 0 Å². The van der Waals surface area contributed by atoms with Crippen LogP contribution in [0.2, 0.25) is 0 Å². The van der Waals surface area contributed by atoms with Crippen molar-refractivity contribution in [2.75, 3.05) is 5.32 Å². The Bertz CT molecular complexity index is 595. The Labute approximate surface area is 121 Å². The first-order valence-electron chi connectivity index (χ1n) is 6.29. The number of pyridine rings is 1. The molecule has 0 spiro atoms. The highest BCUT2D eigenvalue weighted by Crippen LogP contribution is 2.24. The highest BCUT2D eigenvalue weighted by atomic mass is 32.1. The van der Waals surface area contributed by atoms with Gasteiger partial charge in [0.15, 0.2) is 0 Å². The maximum Gasteiger partial charge on any atom is 0.287 e. The predicted molar refractivity (Wildman–Crippen MR) is 79.1 cm³/mol. The van der Waals surface area contributed by atoms with E-state index in [-0.39, 0.29) is 11.7 Å². The Hall–Kier alpha value is -2.02. The number of nitrogens with one attached hydrogen (secondary N) is 1. The molecule has 1 N–H and O–H groups in total. The lowest BCUT2D eigenvalue weighted by Crippen LogP contribution is -2.08. The van der Waals surface area contributed by atoms with Gasteiger partial charge in [-0.2, -0.15) is 0 Å². The van der Waals surface area contributed by atoms with Gasteiger partial charge in [0.25, 0.3) is 5.69 Å². The lowest BCUT2D eigenvalue weighted by Gasteiger charge is -2.11. The molecule has 2 heterocycles. The first-order chi connectivity index (χ1) is 9.47. The average Bonchev–Trinajstić information content (AvgIpc) is 2.89. The van der Waals surface area contributed by atoms with Crippen LogP contribution in [0.3, 0.4) is 0 Å². The smallest absolute Gasteiger partial charge is 0.287 e. The Balaban J connectivity index is 2.06. The number of rotatable bonds is 5. The van der Waals surface area contributed by atoms with E-state index in [9.17, 15) is 10.1 Å². The van der Waals surface area contributed by atoms with Gasteiger partial charge >= 0.3 is 0 Å². The standard InChI is InChI=1S/C13H16N4O2S/c1-8(2)13-16-11(7-20-13)9(3)15-12-5-4-10(6-14-12)17(18)19/h4-9H,1-3H3,(H,14,15)/t9-/m0/s1. The summed E-state index contributed by atoms with van der Waals surface area (Å²) in [5, 5.41) is 16.9. The molecule has 0 saturated heterocycles. The SMILES string of the molecule is CC(C)c1nc([C@H](C)Nc2ccc([N+](=O)[O-])cn2)cs1. The third kappa shape index (κ3) is 3.30. The molecule has 1 atom stereocenters. The summed E-state index contributed by atoms with van der Waals surface area (Å²) in [6, 6.07) is 3.04. The fraction of sp³-hybridized carbons (Fsp3) is 0.385. The maximum absolute atomic E-state index is 10.6. The second-order valence-corrected chi connectivity index (χ2v) is 5.68. The topological polar surface area (TPSA) is 81.0 Å². The first-order valence-corrected chi connectivity index (χ1v) is 7.17. The summed E-state index contributed by atoms with van der Waals surface area (Å²) < 4.78 is 0. The number of nitro groups is 1. The molecule has 0 saturated carbocycles. The highest BCUT2D eigenvalue weighted by molar-refractivity contribution is 7.09. The maximum atomic E-state index is 10.6. The molecule has 0 unspecified atom stereocenters. The molecular weight excluding hydrogens is 276 g/mol.